The van der Waals surface area contributed by atoms with Gasteiger partial charge < -0.3 is 9.73 Å². The lowest BCUT2D eigenvalue weighted by Crippen LogP contribution is -2.20. The Bertz CT molecular complexity index is 593. The van der Waals surface area contributed by atoms with Gasteiger partial charge in [0, 0.05) is 17.0 Å². The van der Waals surface area contributed by atoms with Crippen molar-refractivity contribution in [3.63, 3.8) is 0 Å². The second-order valence-corrected chi connectivity index (χ2v) is 4.86. The average molecular weight is 298 g/mol. The quantitative estimate of drug-likeness (QED) is 0.915. The lowest BCUT2D eigenvalue weighted by molar-refractivity contribution is -0.121. The van der Waals surface area contributed by atoms with Crippen LogP contribution in [-0.4, -0.2) is 5.91 Å². The molecule has 0 saturated carbocycles. The molecule has 1 N–H and O–H groups in total. The summed E-state index contributed by atoms with van der Waals surface area (Å²) in [7, 11) is 0. The Hall–Kier alpha value is -1.45. The van der Waals surface area contributed by atoms with Crippen LogP contribution in [0.1, 0.15) is 19.1 Å². The molecule has 0 aliphatic heterocycles. The molecule has 100 valence electrons. The van der Waals surface area contributed by atoms with Gasteiger partial charge in [0.15, 0.2) is 0 Å². The highest BCUT2D eigenvalue weighted by atomic mass is 35.5. The Kier molecular flexibility index (Phi) is 4.51. The van der Waals surface area contributed by atoms with E-state index in [0.29, 0.717) is 34.5 Å². The first-order chi connectivity index (χ1) is 9.10. The zero-order valence-corrected chi connectivity index (χ0v) is 11.9. The van der Waals surface area contributed by atoms with Crippen LogP contribution < -0.4 is 5.32 Å². The smallest absolute Gasteiger partial charge is 0.220 e. The summed E-state index contributed by atoms with van der Waals surface area (Å²) in [5, 5.41) is 3.86. The summed E-state index contributed by atoms with van der Waals surface area (Å²) in [6.45, 7) is 2.17. The minimum atomic E-state index is -0.0116. The van der Waals surface area contributed by atoms with Crippen LogP contribution >= 0.6 is 23.2 Å². The number of hydrogen-bond acceptors (Lipinski definition) is 2. The lowest BCUT2D eigenvalue weighted by atomic mass is 10.2. The highest BCUT2D eigenvalue weighted by Gasteiger charge is 2.09. The van der Waals surface area contributed by atoms with E-state index in [1.165, 1.54) is 0 Å². The molecule has 1 aromatic carbocycles. The van der Waals surface area contributed by atoms with Crippen molar-refractivity contribution in [1.82, 2.24) is 5.32 Å². The van der Waals surface area contributed by atoms with Crippen LogP contribution in [0.2, 0.25) is 10.0 Å². The molecule has 0 saturated heterocycles. The van der Waals surface area contributed by atoms with Crippen LogP contribution in [0.4, 0.5) is 0 Å². The second-order valence-electron chi connectivity index (χ2n) is 4.02. The lowest BCUT2D eigenvalue weighted by Gasteiger charge is -2.02. The van der Waals surface area contributed by atoms with Crippen molar-refractivity contribution in [3.05, 3.63) is 46.1 Å². The van der Waals surface area contributed by atoms with Crippen LogP contribution in [-0.2, 0) is 11.3 Å². The number of halogens is 2. The van der Waals surface area contributed by atoms with Crippen molar-refractivity contribution in [2.45, 2.75) is 19.9 Å². The summed E-state index contributed by atoms with van der Waals surface area (Å²) in [5.41, 5.74) is 0.777. The van der Waals surface area contributed by atoms with Crippen molar-refractivity contribution >= 4 is 29.1 Å². The highest BCUT2D eigenvalue weighted by molar-refractivity contribution is 6.36. The molecule has 0 unspecified atom stereocenters. The van der Waals surface area contributed by atoms with Crippen molar-refractivity contribution in [2.75, 3.05) is 0 Å². The fourth-order valence-electron chi connectivity index (χ4n) is 1.62. The molecular weight excluding hydrogens is 285 g/mol. The molecule has 2 aromatic rings. The third-order valence-electron chi connectivity index (χ3n) is 2.64. The summed E-state index contributed by atoms with van der Waals surface area (Å²) >= 11 is 12.0. The van der Waals surface area contributed by atoms with Gasteiger partial charge in [-0.3, -0.25) is 4.79 Å². The van der Waals surface area contributed by atoms with Crippen molar-refractivity contribution in [2.24, 2.45) is 0 Å². The maximum atomic E-state index is 11.2. The minimum absolute atomic E-state index is 0.0116. The maximum Gasteiger partial charge on any atom is 0.220 e. The molecule has 1 heterocycles. The molecule has 3 nitrogen and oxygen atoms in total. The van der Waals surface area contributed by atoms with E-state index in [1.807, 2.05) is 12.1 Å². The first-order valence-corrected chi connectivity index (χ1v) is 6.66. The van der Waals surface area contributed by atoms with Gasteiger partial charge in [-0.05, 0) is 30.3 Å². The fourth-order valence-corrected chi connectivity index (χ4v) is 2.12. The molecule has 0 radical (unpaired) electrons. The molecule has 0 atom stereocenters. The summed E-state index contributed by atoms with van der Waals surface area (Å²) in [6, 6.07) is 8.86. The average Bonchev–Trinajstić information content (AvgIpc) is 2.84. The summed E-state index contributed by atoms with van der Waals surface area (Å²) in [6.07, 6.45) is 0.455. The first kappa shape index (κ1) is 14.0. The topological polar surface area (TPSA) is 42.2 Å². The van der Waals surface area contributed by atoms with Gasteiger partial charge in [-0.2, -0.15) is 0 Å². The minimum Gasteiger partial charge on any atom is -0.459 e. The van der Waals surface area contributed by atoms with Gasteiger partial charge in [0.05, 0.1) is 11.6 Å². The number of benzene rings is 1. The first-order valence-electron chi connectivity index (χ1n) is 5.91. The molecule has 1 amide bonds. The number of carbonyl (C=O) groups excluding carboxylic acids is 1. The number of hydrogen-bond donors (Lipinski definition) is 1. The zero-order chi connectivity index (χ0) is 13.8. The highest BCUT2D eigenvalue weighted by Crippen LogP contribution is 2.31. The Morgan fingerprint density at radius 1 is 1.26 bits per heavy atom. The Labute approximate surface area is 121 Å². The third-order valence-corrected chi connectivity index (χ3v) is 3.19. The SMILES string of the molecule is CCC(=O)NCc1ccc(-c2ccc(Cl)cc2Cl)o1. The summed E-state index contributed by atoms with van der Waals surface area (Å²) in [5.74, 6) is 1.33. The van der Waals surface area contributed by atoms with E-state index in [-0.39, 0.29) is 5.91 Å². The van der Waals surface area contributed by atoms with E-state index in [1.54, 1.807) is 25.1 Å². The van der Waals surface area contributed by atoms with Gasteiger partial charge in [-0.15, -0.1) is 0 Å². The van der Waals surface area contributed by atoms with Gasteiger partial charge in [0.1, 0.15) is 11.5 Å². The van der Waals surface area contributed by atoms with Crippen molar-refractivity contribution in [1.29, 1.82) is 0 Å². The molecule has 5 heteroatoms. The standard InChI is InChI=1S/C14H13Cl2NO2/c1-2-14(18)17-8-10-4-6-13(19-10)11-5-3-9(15)7-12(11)16/h3-7H,2,8H2,1H3,(H,17,18). The fraction of sp³-hybridized carbons (Fsp3) is 0.214. The van der Waals surface area contributed by atoms with Crippen molar-refractivity contribution in [3.8, 4) is 11.3 Å². The largest absolute Gasteiger partial charge is 0.459 e. The van der Waals surface area contributed by atoms with Gasteiger partial charge in [-0.25, -0.2) is 0 Å². The van der Waals surface area contributed by atoms with Gasteiger partial charge in [-0.1, -0.05) is 30.1 Å². The van der Waals surface area contributed by atoms with Gasteiger partial charge >= 0.3 is 0 Å². The van der Waals surface area contributed by atoms with Crippen LogP contribution in [0.25, 0.3) is 11.3 Å². The summed E-state index contributed by atoms with van der Waals surface area (Å²) < 4.78 is 5.64. The van der Waals surface area contributed by atoms with Crippen LogP contribution in [0, 0.1) is 0 Å². The third kappa shape index (κ3) is 3.52. The van der Waals surface area contributed by atoms with Crippen LogP contribution in [0.3, 0.4) is 0 Å². The van der Waals surface area contributed by atoms with Gasteiger partial charge in [0.25, 0.3) is 0 Å². The van der Waals surface area contributed by atoms with Gasteiger partial charge in [0.2, 0.25) is 5.91 Å². The number of furan rings is 1. The predicted molar refractivity (Wildman–Crippen MR) is 76.3 cm³/mol. The molecule has 0 bridgehead atoms. The zero-order valence-electron chi connectivity index (χ0n) is 10.4. The van der Waals surface area contributed by atoms with E-state index in [9.17, 15) is 4.79 Å². The maximum absolute atomic E-state index is 11.2. The number of rotatable bonds is 4. The Morgan fingerprint density at radius 3 is 2.74 bits per heavy atom. The molecule has 0 spiro atoms. The number of amides is 1. The Morgan fingerprint density at radius 2 is 2.05 bits per heavy atom. The molecule has 2 rings (SSSR count). The van der Waals surface area contributed by atoms with E-state index < -0.39 is 0 Å². The molecule has 1 aromatic heterocycles. The Balaban J connectivity index is 2.14. The van der Waals surface area contributed by atoms with Crippen LogP contribution in [0.15, 0.2) is 34.7 Å². The predicted octanol–water partition coefficient (Wildman–Crippen LogP) is 4.28. The van der Waals surface area contributed by atoms with Crippen LogP contribution in [0.5, 0.6) is 0 Å². The molecule has 19 heavy (non-hydrogen) atoms. The second kappa shape index (κ2) is 6.13. The monoisotopic (exact) mass is 297 g/mol. The molecule has 0 aliphatic rings. The normalized spacial score (nSPS) is 10.5. The van der Waals surface area contributed by atoms with E-state index in [4.69, 9.17) is 27.6 Å². The number of carbonyl (C=O) groups is 1. The van der Waals surface area contributed by atoms with Crippen molar-refractivity contribution < 1.29 is 9.21 Å². The van der Waals surface area contributed by atoms with E-state index >= 15 is 0 Å². The van der Waals surface area contributed by atoms with E-state index in [0.717, 1.165) is 5.56 Å². The molecular formula is C14H13Cl2NO2. The molecule has 0 fully saturated rings. The number of nitrogens with one attached hydrogen (secondary N) is 1. The summed E-state index contributed by atoms with van der Waals surface area (Å²) in [4.78, 5) is 11.2. The van der Waals surface area contributed by atoms with E-state index in [2.05, 4.69) is 5.32 Å². The molecule has 0 aliphatic carbocycles.